The summed E-state index contributed by atoms with van der Waals surface area (Å²) >= 11 is 0. The quantitative estimate of drug-likeness (QED) is 0.613. The van der Waals surface area contributed by atoms with E-state index in [-0.39, 0.29) is 5.91 Å². The van der Waals surface area contributed by atoms with E-state index in [4.69, 9.17) is 14.2 Å². The van der Waals surface area contributed by atoms with Gasteiger partial charge in [-0.3, -0.25) is 4.79 Å². The van der Waals surface area contributed by atoms with E-state index in [1.165, 1.54) is 5.56 Å². The normalized spacial score (nSPS) is 10.3. The zero-order chi connectivity index (χ0) is 20.6. The van der Waals surface area contributed by atoms with Crippen molar-refractivity contribution in [2.75, 3.05) is 14.2 Å². The molecule has 0 spiro atoms. The number of aryl methyl sites for hydroxylation is 1. The second-order valence-corrected chi connectivity index (χ2v) is 6.66. The molecule has 1 N–H and O–H groups in total. The first-order valence-electron chi connectivity index (χ1n) is 9.36. The van der Waals surface area contributed by atoms with Crippen LogP contribution < -0.4 is 19.5 Å². The number of nitrogens with one attached hydrogen (secondary N) is 1. The maximum atomic E-state index is 12.6. The van der Waals surface area contributed by atoms with Gasteiger partial charge in [0.25, 0.3) is 5.91 Å². The van der Waals surface area contributed by atoms with Crippen LogP contribution in [0.5, 0.6) is 17.2 Å². The molecule has 3 aromatic rings. The zero-order valence-electron chi connectivity index (χ0n) is 16.9. The lowest BCUT2D eigenvalue weighted by Crippen LogP contribution is -2.23. The highest BCUT2D eigenvalue weighted by molar-refractivity contribution is 5.94. The molecule has 3 rings (SSSR count). The molecular formula is C24H25NO4. The van der Waals surface area contributed by atoms with E-state index in [2.05, 4.69) is 5.32 Å². The number of hydrogen-bond donors (Lipinski definition) is 1. The van der Waals surface area contributed by atoms with Gasteiger partial charge in [-0.15, -0.1) is 0 Å². The van der Waals surface area contributed by atoms with Crippen molar-refractivity contribution in [1.29, 1.82) is 0 Å². The van der Waals surface area contributed by atoms with E-state index in [0.29, 0.717) is 24.5 Å². The molecule has 0 saturated carbocycles. The Hall–Kier alpha value is -3.47. The molecule has 0 fully saturated rings. The third kappa shape index (κ3) is 5.51. The standard InChI is InChI=1S/C24H25NO4/c1-17-4-9-22(10-5-17)29-16-20-14-19(8-13-23(20)28-3)24(26)25-15-18-6-11-21(27-2)12-7-18/h4-14H,15-16H2,1-3H3,(H,25,26). The predicted octanol–water partition coefficient (Wildman–Crippen LogP) is 4.52. The van der Waals surface area contributed by atoms with Crippen LogP contribution in [0.4, 0.5) is 0 Å². The van der Waals surface area contributed by atoms with Crippen LogP contribution >= 0.6 is 0 Å². The Morgan fingerprint density at radius 2 is 1.55 bits per heavy atom. The fraction of sp³-hybridized carbons (Fsp3) is 0.208. The van der Waals surface area contributed by atoms with Crippen molar-refractivity contribution in [2.45, 2.75) is 20.1 Å². The summed E-state index contributed by atoms with van der Waals surface area (Å²) in [6, 6.07) is 20.8. The fourth-order valence-electron chi connectivity index (χ4n) is 2.86. The number of amides is 1. The molecule has 5 nitrogen and oxygen atoms in total. The van der Waals surface area contributed by atoms with Gasteiger partial charge < -0.3 is 19.5 Å². The lowest BCUT2D eigenvalue weighted by atomic mass is 10.1. The summed E-state index contributed by atoms with van der Waals surface area (Å²) in [5.74, 6) is 2.09. The van der Waals surface area contributed by atoms with Gasteiger partial charge in [-0.05, 0) is 55.0 Å². The Morgan fingerprint density at radius 3 is 2.21 bits per heavy atom. The monoisotopic (exact) mass is 391 g/mol. The smallest absolute Gasteiger partial charge is 0.251 e. The van der Waals surface area contributed by atoms with Crippen LogP contribution in [0.3, 0.4) is 0 Å². The highest BCUT2D eigenvalue weighted by Gasteiger charge is 2.11. The summed E-state index contributed by atoms with van der Waals surface area (Å²) in [4.78, 5) is 12.6. The van der Waals surface area contributed by atoms with Crippen LogP contribution in [-0.2, 0) is 13.2 Å². The number of hydrogen-bond acceptors (Lipinski definition) is 4. The summed E-state index contributed by atoms with van der Waals surface area (Å²) in [5, 5.41) is 2.94. The minimum absolute atomic E-state index is 0.153. The SMILES string of the molecule is COc1ccc(CNC(=O)c2ccc(OC)c(COc3ccc(C)cc3)c2)cc1. The Kier molecular flexibility index (Phi) is 6.74. The fourth-order valence-corrected chi connectivity index (χ4v) is 2.86. The second kappa shape index (κ2) is 9.64. The molecule has 0 aliphatic heterocycles. The van der Waals surface area contributed by atoms with Crippen LogP contribution in [0.15, 0.2) is 66.7 Å². The van der Waals surface area contributed by atoms with E-state index in [9.17, 15) is 4.79 Å². The van der Waals surface area contributed by atoms with Gasteiger partial charge in [-0.2, -0.15) is 0 Å². The van der Waals surface area contributed by atoms with Crippen LogP contribution in [0, 0.1) is 6.92 Å². The summed E-state index contributed by atoms with van der Waals surface area (Å²) in [7, 11) is 3.23. The van der Waals surface area contributed by atoms with Crippen molar-refractivity contribution in [1.82, 2.24) is 5.32 Å². The van der Waals surface area contributed by atoms with E-state index in [1.807, 2.05) is 55.5 Å². The van der Waals surface area contributed by atoms with E-state index < -0.39 is 0 Å². The van der Waals surface area contributed by atoms with Gasteiger partial charge >= 0.3 is 0 Å². The van der Waals surface area contributed by atoms with Crippen molar-refractivity contribution >= 4 is 5.91 Å². The number of rotatable bonds is 8. The van der Waals surface area contributed by atoms with Gasteiger partial charge in [0.15, 0.2) is 0 Å². The zero-order valence-corrected chi connectivity index (χ0v) is 16.9. The molecule has 0 aromatic heterocycles. The third-order valence-electron chi connectivity index (χ3n) is 4.57. The molecule has 0 radical (unpaired) electrons. The topological polar surface area (TPSA) is 56.8 Å². The van der Waals surface area contributed by atoms with Crippen molar-refractivity contribution in [3.05, 3.63) is 89.0 Å². The van der Waals surface area contributed by atoms with E-state index in [1.54, 1.807) is 32.4 Å². The van der Waals surface area contributed by atoms with Gasteiger partial charge in [0.05, 0.1) is 14.2 Å². The van der Waals surface area contributed by atoms with Gasteiger partial charge in [-0.25, -0.2) is 0 Å². The maximum absolute atomic E-state index is 12.6. The Labute approximate surface area is 171 Å². The lowest BCUT2D eigenvalue weighted by Gasteiger charge is -2.13. The van der Waals surface area contributed by atoms with Crippen LogP contribution in [0.1, 0.15) is 27.0 Å². The Balaban J connectivity index is 1.65. The first-order chi connectivity index (χ1) is 14.1. The van der Waals surface area contributed by atoms with Crippen LogP contribution in [0.2, 0.25) is 0 Å². The van der Waals surface area contributed by atoms with Crippen molar-refractivity contribution < 1.29 is 19.0 Å². The number of methoxy groups -OCH3 is 2. The molecule has 1 amide bonds. The molecule has 0 aliphatic rings. The van der Waals surface area contributed by atoms with Crippen molar-refractivity contribution in [3.8, 4) is 17.2 Å². The molecule has 0 unspecified atom stereocenters. The van der Waals surface area contributed by atoms with E-state index >= 15 is 0 Å². The number of ether oxygens (including phenoxy) is 3. The minimum Gasteiger partial charge on any atom is -0.497 e. The summed E-state index contributed by atoms with van der Waals surface area (Å²) in [6.07, 6.45) is 0. The lowest BCUT2D eigenvalue weighted by molar-refractivity contribution is 0.0950. The average Bonchev–Trinajstić information content (AvgIpc) is 2.77. The van der Waals surface area contributed by atoms with Crippen LogP contribution in [-0.4, -0.2) is 20.1 Å². The molecule has 0 bridgehead atoms. The van der Waals surface area contributed by atoms with Crippen molar-refractivity contribution in [2.24, 2.45) is 0 Å². The average molecular weight is 391 g/mol. The highest BCUT2D eigenvalue weighted by atomic mass is 16.5. The molecule has 3 aromatic carbocycles. The Bertz CT molecular complexity index is 950. The molecule has 150 valence electrons. The number of carbonyl (C=O) groups excluding carboxylic acids is 1. The van der Waals surface area contributed by atoms with Gasteiger partial charge in [0.2, 0.25) is 0 Å². The first kappa shape index (κ1) is 20.3. The first-order valence-corrected chi connectivity index (χ1v) is 9.36. The predicted molar refractivity (Wildman–Crippen MR) is 113 cm³/mol. The number of benzene rings is 3. The van der Waals surface area contributed by atoms with E-state index in [0.717, 1.165) is 22.6 Å². The van der Waals surface area contributed by atoms with Gasteiger partial charge in [-0.1, -0.05) is 29.8 Å². The third-order valence-corrected chi connectivity index (χ3v) is 4.57. The Morgan fingerprint density at radius 1 is 0.862 bits per heavy atom. The van der Waals surface area contributed by atoms with Crippen molar-refractivity contribution in [3.63, 3.8) is 0 Å². The molecule has 5 heteroatoms. The minimum atomic E-state index is -0.153. The second-order valence-electron chi connectivity index (χ2n) is 6.66. The summed E-state index contributed by atoms with van der Waals surface area (Å²) < 4.78 is 16.4. The maximum Gasteiger partial charge on any atom is 0.251 e. The molecule has 0 aliphatic carbocycles. The van der Waals surface area contributed by atoms with Gasteiger partial charge in [0.1, 0.15) is 23.9 Å². The summed E-state index contributed by atoms with van der Waals surface area (Å²) in [6.45, 7) is 2.77. The number of carbonyl (C=O) groups is 1. The molecule has 0 saturated heterocycles. The summed E-state index contributed by atoms with van der Waals surface area (Å²) in [5.41, 5.74) is 3.54. The molecule has 0 heterocycles. The highest BCUT2D eigenvalue weighted by Crippen LogP contribution is 2.23. The molecule has 29 heavy (non-hydrogen) atoms. The largest absolute Gasteiger partial charge is 0.497 e. The van der Waals surface area contributed by atoms with Gasteiger partial charge in [0, 0.05) is 17.7 Å². The molecule has 0 atom stereocenters. The molecular weight excluding hydrogens is 366 g/mol. The van der Waals surface area contributed by atoms with Crippen LogP contribution in [0.25, 0.3) is 0 Å².